The number of ether oxygens (including phenoxy) is 1. The summed E-state index contributed by atoms with van der Waals surface area (Å²) in [7, 11) is 4.16. The summed E-state index contributed by atoms with van der Waals surface area (Å²) in [6.07, 6.45) is 2.35. The van der Waals surface area contributed by atoms with Crippen molar-refractivity contribution < 1.29 is 9.53 Å². The Labute approximate surface area is 205 Å². The van der Waals surface area contributed by atoms with Crippen LogP contribution in [0.25, 0.3) is 16.7 Å². The number of benzene rings is 2. The average molecular weight is 468 g/mol. The van der Waals surface area contributed by atoms with Crippen LogP contribution in [0.2, 0.25) is 0 Å². The maximum absolute atomic E-state index is 13.1. The highest BCUT2D eigenvalue weighted by molar-refractivity contribution is 5.88. The molecule has 0 aliphatic carbocycles. The second-order valence-electron chi connectivity index (χ2n) is 9.28. The van der Waals surface area contributed by atoms with Gasteiger partial charge in [0.25, 0.3) is 0 Å². The fraction of sp³-hybridized carbons (Fsp3) is 0.321. The Morgan fingerprint density at radius 1 is 1.17 bits per heavy atom. The minimum absolute atomic E-state index is 0.0851. The van der Waals surface area contributed by atoms with Gasteiger partial charge in [-0.05, 0) is 57.1 Å². The predicted octanol–water partition coefficient (Wildman–Crippen LogP) is 4.44. The number of aromatic nitrogens is 2. The van der Waals surface area contributed by atoms with Gasteiger partial charge in [0.15, 0.2) is 5.65 Å². The molecule has 0 N–H and O–H groups in total. The summed E-state index contributed by atoms with van der Waals surface area (Å²) in [5, 5.41) is 10.1. The van der Waals surface area contributed by atoms with Crippen molar-refractivity contribution in [1.82, 2.24) is 14.3 Å². The third kappa shape index (κ3) is 4.11. The molecule has 0 radical (unpaired) electrons. The van der Waals surface area contributed by atoms with Crippen molar-refractivity contribution >= 4 is 28.5 Å². The van der Waals surface area contributed by atoms with E-state index >= 15 is 0 Å². The van der Waals surface area contributed by atoms with E-state index in [-0.39, 0.29) is 25.2 Å². The molecule has 5 rings (SSSR count). The molecule has 178 valence electrons. The molecule has 1 aliphatic heterocycles. The highest BCUT2D eigenvalue weighted by atomic mass is 16.5. The summed E-state index contributed by atoms with van der Waals surface area (Å²) in [6.45, 7) is 3.00. The standard InChI is InChI=1S/C28H29N5O2/c1-19-21(16-26(34)35-18-20-10-5-4-6-11-20)28(32-15-9-14-25(32)31(2)3)33-24-13-8-7-12-23(24)30-27(33)22(19)17-29/h4-8,10-13,25H,9,14-16,18H2,1-3H3. The SMILES string of the molecule is Cc1c(CC(=O)OCc2ccccc2)c(N2CCCC2N(C)C)n2c(nc3ccccc32)c1C#N. The van der Waals surface area contributed by atoms with E-state index in [0.29, 0.717) is 11.2 Å². The van der Waals surface area contributed by atoms with Crippen LogP contribution in [0.5, 0.6) is 0 Å². The quantitative estimate of drug-likeness (QED) is 0.390. The number of carbonyl (C=O) groups is 1. The highest BCUT2D eigenvalue weighted by Crippen LogP contribution is 2.37. The van der Waals surface area contributed by atoms with E-state index in [2.05, 4.69) is 34.4 Å². The molecule has 1 fully saturated rings. The summed E-state index contributed by atoms with van der Waals surface area (Å²) in [4.78, 5) is 22.5. The summed E-state index contributed by atoms with van der Waals surface area (Å²) in [6, 6.07) is 19.9. The average Bonchev–Trinajstić information content (AvgIpc) is 3.49. The number of nitriles is 1. The van der Waals surface area contributed by atoms with Crippen molar-refractivity contribution in [3.05, 3.63) is 76.9 Å². The first-order valence-electron chi connectivity index (χ1n) is 11.9. The normalized spacial score (nSPS) is 15.7. The van der Waals surface area contributed by atoms with E-state index in [1.165, 1.54) is 0 Å². The minimum Gasteiger partial charge on any atom is -0.461 e. The molecule has 1 atom stereocenters. The van der Waals surface area contributed by atoms with Crippen LogP contribution < -0.4 is 4.90 Å². The predicted molar refractivity (Wildman–Crippen MR) is 136 cm³/mol. The zero-order chi connectivity index (χ0) is 24.5. The Balaban J connectivity index is 1.67. The molecule has 0 saturated carbocycles. The van der Waals surface area contributed by atoms with Gasteiger partial charge in [-0.25, -0.2) is 4.98 Å². The number of hydrogen-bond donors (Lipinski definition) is 0. The molecule has 2 aromatic heterocycles. The number of carbonyl (C=O) groups excluding carboxylic acids is 1. The number of imidazole rings is 1. The van der Waals surface area contributed by atoms with Crippen LogP contribution in [-0.2, 0) is 22.6 Å². The molecule has 35 heavy (non-hydrogen) atoms. The van der Waals surface area contributed by atoms with Gasteiger partial charge in [0.1, 0.15) is 18.5 Å². The fourth-order valence-corrected chi connectivity index (χ4v) is 5.14. The zero-order valence-electron chi connectivity index (χ0n) is 20.4. The maximum Gasteiger partial charge on any atom is 0.310 e. The highest BCUT2D eigenvalue weighted by Gasteiger charge is 2.33. The molecular formula is C28H29N5O2. The van der Waals surface area contributed by atoms with Gasteiger partial charge < -0.3 is 9.64 Å². The lowest BCUT2D eigenvalue weighted by Crippen LogP contribution is -2.42. The van der Waals surface area contributed by atoms with Gasteiger partial charge in [0, 0.05) is 12.1 Å². The third-order valence-corrected chi connectivity index (χ3v) is 6.86. The number of para-hydroxylation sites is 2. The van der Waals surface area contributed by atoms with Crippen molar-refractivity contribution in [1.29, 1.82) is 5.26 Å². The molecule has 7 nitrogen and oxygen atoms in total. The number of anilines is 1. The molecule has 0 spiro atoms. The minimum atomic E-state index is -0.313. The van der Waals surface area contributed by atoms with E-state index in [9.17, 15) is 10.1 Å². The lowest BCUT2D eigenvalue weighted by atomic mass is 10.0. The Bertz CT molecular complexity index is 1440. The van der Waals surface area contributed by atoms with Crippen molar-refractivity contribution in [2.75, 3.05) is 25.5 Å². The van der Waals surface area contributed by atoms with E-state index in [1.54, 1.807) is 0 Å². The number of rotatable bonds is 6. The van der Waals surface area contributed by atoms with Gasteiger partial charge in [-0.3, -0.25) is 14.1 Å². The monoisotopic (exact) mass is 467 g/mol. The lowest BCUT2D eigenvalue weighted by Gasteiger charge is -2.34. The van der Waals surface area contributed by atoms with Crippen molar-refractivity contribution in [3.63, 3.8) is 0 Å². The molecule has 3 heterocycles. The fourth-order valence-electron chi connectivity index (χ4n) is 5.14. The van der Waals surface area contributed by atoms with Crippen molar-refractivity contribution in [2.45, 2.75) is 39.0 Å². The summed E-state index contributed by atoms with van der Waals surface area (Å²) >= 11 is 0. The van der Waals surface area contributed by atoms with E-state index in [0.717, 1.165) is 52.9 Å². The molecule has 1 unspecified atom stereocenters. The molecule has 4 aromatic rings. The second-order valence-corrected chi connectivity index (χ2v) is 9.28. The number of hydrogen-bond acceptors (Lipinski definition) is 6. The van der Waals surface area contributed by atoms with Gasteiger partial charge in [-0.2, -0.15) is 5.26 Å². The smallest absolute Gasteiger partial charge is 0.310 e. The van der Waals surface area contributed by atoms with Crippen LogP contribution in [-0.4, -0.2) is 47.1 Å². The Kier molecular flexibility index (Phi) is 6.14. The second kappa shape index (κ2) is 9.40. The summed E-state index contributed by atoms with van der Waals surface area (Å²) in [5.74, 6) is 0.615. The van der Waals surface area contributed by atoms with Gasteiger partial charge in [-0.1, -0.05) is 42.5 Å². The lowest BCUT2D eigenvalue weighted by molar-refractivity contribution is -0.144. The summed E-state index contributed by atoms with van der Waals surface area (Å²) < 4.78 is 7.73. The molecule has 1 aliphatic rings. The van der Waals surface area contributed by atoms with Crippen LogP contribution >= 0.6 is 0 Å². The largest absolute Gasteiger partial charge is 0.461 e. The maximum atomic E-state index is 13.1. The Morgan fingerprint density at radius 2 is 1.91 bits per heavy atom. The van der Waals surface area contributed by atoms with E-state index < -0.39 is 0 Å². The van der Waals surface area contributed by atoms with Gasteiger partial charge >= 0.3 is 5.97 Å². The molecule has 2 aromatic carbocycles. The van der Waals surface area contributed by atoms with Gasteiger partial charge in [0.2, 0.25) is 0 Å². The van der Waals surface area contributed by atoms with Gasteiger partial charge in [0.05, 0.1) is 29.2 Å². The third-order valence-electron chi connectivity index (χ3n) is 6.86. The van der Waals surface area contributed by atoms with Crippen LogP contribution in [0.1, 0.15) is 35.1 Å². The van der Waals surface area contributed by atoms with Crippen molar-refractivity contribution in [3.8, 4) is 6.07 Å². The van der Waals surface area contributed by atoms with E-state index in [4.69, 9.17) is 9.72 Å². The first-order chi connectivity index (χ1) is 17.0. The van der Waals surface area contributed by atoms with E-state index in [1.807, 2.05) is 61.5 Å². The van der Waals surface area contributed by atoms with Crippen LogP contribution in [0.4, 0.5) is 5.82 Å². The molecule has 0 bridgehead atoms. The van der Waals surface area contributed by atoms with Crippen LogP contribution in [0.15, 0.2) is 54.6 Å². The molecule has 7 heteroatoms. The molecular weight excluding hydrogens is 438 g/mol. The molecule has 0 amide bonds. The van der Waals surface area contributed by atoms with Crippen molar-refractivity contribution in [2.24, 2.45) is 0 Å². The first kappa shape index (κ1) is 22.9. The number of esters is 1. The number of nitrogens with zero attached hydrogens (tertiary/aromatic N) is 5. The van der Waals surface area contributed by atoms with Crippen LogP contribution in [0.3, 0.4) is 0 Å². The Morgan fingerprint density at radius 3 is 2.66 bits per heavy atom. The van der Waals surface area contributed by atoms with Gasteiger partial charge in [-0.15, -0.1) is 0 Å². The summed E-state index contributed by atoms with van der Waals surface area (Å²) in [5.41, 5.74) is 5.43. The molecule has 1 saturated heterocycles. The van der Waals surface area contributed by atoms with Crippen LogP contribution in [0, 0.1) is 18.3 Å². The number of pyridine rings is 1. The zero-order valence-corrected chi connectivity index (χ0v) is 20.4. The topological polar surface area (TPSA) is 73.9 Å². The number of fused-ring (bicyclic) bond motifs is 3. The first-order valence-corrected chi connectivity index (χ1v) is 11.9. The Hall–Kier alpha value is -3.89.